The Bertz CT molecular complexity index is 572. The van der Waals surface area contributed by atoms with Crippen molar-refractivity contribution in [2.45, 2.75) is 13.0 Å². The number of aromatic nitrogens is 1. The average Bonchev–Trinajstić information content (AvgIpc) is 2.46. The van der Waals surface area contributed by atoms with Crippen LogP contribution in [0.25, 0.3) is 0 Å². The lowest BCUT2D eigenvalue weighted by molar-refractivity contribution is -0.384. The van der Waals surface area contributed by atoms with Gasteiger partial charge in [-0.15, -0.1) is 0 Å². The molecule has 1 aromatic heterocycles. The molecular weight excluding hydrogens is 242 g/mol. The van der Waals surface area contributed by atoms with Gasteiger partial charge in [-0.25, -0.2) is 0 Å². The van der Waals surface area contributed by atoms with Gasteiger partial charge in [-0.2, -0.15) is 0 Å². The van der Waals surface area contributed by atoms with Gasteiger partial charge in [-0.1, -0.05) is 18.2 Å². The highest BCUT2D eigenvalue weighted by atomic mass is 16.6. The summed E-state index contributed by atoms with van der Waals surface area (Å²) in [4.78, 5) is 16.8. The molecule has 0 amide bonds. The van der Waals surface area contributed by atoms with Crippen LogP contribution in [0, 0.1) is 10.1 Å². The Morgan fingerprint density at radius 3 is 2.53 bits per heavy atom. The summed E-state index contributed by atoms with van der Waals surface area (Å²) in [6, 6.07) is 12.4. The van der Waals surface area contributed by atoms with Gasteiger partial charge in [0.15, 0.2) is 0 Å². The third kappa shape index (κ3) is 2.70. The van der Waals surface area contributed by atoms with E-state index in [1.807, 2.05) is 37.1 Å². The van der Waals surface area contributed by atoms with E-state index in [1.54, 1.807) is 24.4 Å². The second kappa shape index (κ2) is 5.48. The fourth-order valence-electron chi connectivity index (χ4n) is 1.95. The molecule has 0 saturated carbocycles. The van der Waals surface area contributed by atoms with Crippen LogP contribution in [0.3, 0.4) is 0 Å². The molecule has 1 atom stereocenters. The zero-order valence-electron chi connectivity index (χ0n) is 10.9. The van der Waals surface area contributed by atoms with E-state index in [0.29, 0.717) is 5.69 Å². The minimum absolute atomic E-state index is 0.0395. The normalized spacial score (nSPS) is 11.9. The van der Waals surface area contributed by atoms with Gasteiger partial charge >= 0.3 is 0 Å². The number of pyridine rings is 1. The Labute approximate surface area is 111 Å². The van der Waals surface area contributed by atoms with E-state index in [1.165, 1.54) is 6.07 Å². The average molecular weight is 257 g/mol. The van der Waals surface area contributed by atoms with Crippen LogP contribution in [0.15, 0.2) is 48.7 Å². The van der Waals surface area contributed by atoms with Crippen molar-refractivity contribution in [3.05, 3.63) is 64.5 Å². The molecule has 0 aliphatic carbocycles. The van der Waals surface area contributed by atoms with Crippen LogP contribution in [0.2, 0.25) is 0 Å². The van der Waals surface area contributed by atoms with E-state index >= 15 is 0 Å². The number of anilines is 1. The molecule has 0 fully saturated rings. The van der Waals surface area contributed by atoms with Crippen molar-refractivity contribution in [3.63, 3.8) is 0 Å². The van der Waals surface area contributed by atoms with E-state index in [9.17, 15) is 10.1 Å². The monoisotopic (exact) mass is 257 g/mol. The van der Waals surface area contributed by atoms with Crippen molar-refractivity contribution < 1.29 is 4.92 Å². The molecule has 1 unspecified atom stereocenters. The molecule has 0 N–H and O–H groups in total. The molecule has 1 heterocycles. The number of hydrogen-bond acceptors (Lipinski definition) is 4. The number of hydrogen-bond donors (Lipinski definition) is 0. The molecule has 0 spiro atoms. The van der Waals surface area contributed by atoms with Crippen molar-refractivity contribution in [2.75, 3.05) is 11.9 Å². The van der Waals surface area contributed by atoms with Crippen LogP contribution in [-0.2, 0) is 0 Å². The molecule has 1 aromatic carbocycles. The lowest BCUT2D eigenvalue weighted by atomic mass is 10.1. The largest absolute Gasteiger partial charge is 0.361 e. The first-order valence-electron chi connectivity index (χ1n) is 5.98. The second-order valence-electron chi connectivity index (χ2n) is 4.29. The van der Waals surface area contributed by atoms with Crippen molar-refractivity contribution in [1.82, 2.24) is 4.98 Å². The number of nitrogens with zero attached hydrogens (tertiary/aromatic N) is 3. The number of benzene rings is 1. The van der Waals surface area contributed by atoms with Gasteiger partial charge in [0.05, 0.1) is 16.7 Å². The van der Waals surface area contributed by atoms with Crippen molar-refractivity contribution >= 4 is 11.4 Å². The fraction of sp³-hybridized carbons (Fsp3) is 0.214. The standard InChI is InChI=1S/C14H15N3O2/c1-11(12-7-5-6-10-15-12)16(2)13-8-3-4-9-14(13)17(18)19/h3-11H,1-2H3. The predicted molar refractivity (Wildman–Crippen MR) is 74.2 cm³/mol. The van der Waals surface area contributed by atoms with Crippen LogP contribution < -0.4 is 4.90 Å². The van der Waals surface area contributed by atoms with Crippen LogP contribution in [0.1, 0.15) is 18.7 Å². The Morgan fingerprint density at radius 1 is 1.21 bits per heavy atom. The van der Waals surface area contributed by atoms with E-state index in [0.717, 1.165) is 5.69 Å². The minimum atomic E-state index is -0.364. The summed E-state index contributed by atoms with van der Waals surface area (Å²) in [6.45, 7) is 1.97. The highest BCUT2D eigenvalue weighted by Crippen LogP contribution is 2.31. The third-order valence-corrected chi connectivity index (χ3v) is 3.16. The highest BCUT2D eigenvalue weighted by Gasteiger charge is 2.21. The summed E-state index contributed by atoms with van der Waals surface area (Å²) < 4.78 is 0. The van der Waals surface area contributed by atoms with Crippen molar-refractivity contribution in [2.24, 2.45) is 0 Å². The van der Waals surface area contributed by atoms with E-state index in [-0.39, 0.29) is 16.7 Å². The molecule has 5 heteroatoms. The van der Waals surface area contributed by atoms with Gasteiger partial charge in [0, 0.05) is 19.3 Å². The maximum absolute atomic E-state index is 11.0. The number of para-hydroxylation sites is 2. The first-order chi connectivity index (χ1) is 9.11. The summed E-state index contributed by atoms with van der Waals surface area (Å²) in [7, 11) is 1.84. The quantitative estimate of drug-likeness (QED) is 0.623. The van der Waals surface area contributed by atoms with E-state index in [4.69, 9.17) is 0 Å². The Kier molecular flexibility index (Phi) is 3.75. The topological polar surface area (TPSA) is 59.3 Å². The first-order valence-corrected chi connectivity index (χ1v) is 5.98. The zero-order chi connectivity index (χ0) is 13.8. The summed E-state index contributed by atoms with van der Waals surface area (Å²) >= 11 is 0. The van der Waals surface area contributed by atoms with Crippen LogP contribution in [-0.4, -0.2) is 17.0 Å². The predicted octanol–water partition coefficient (Wildman–Crippen LogP) is 3.19. The van der Waals surface area contributed by atoms with Crippen LogP contribution in [0.4, 0.5) is 11.4 Å². The lowest BCUT2D eigenvalue weighted by Crippen LogP contribution is -2.23. The lowest BCUT2D eigenvalue weighted by Gasteiger charge is -2.26. The molecule has 19 heavy (non-hydrogen) atoms. The van der Waals surface area contributed by atoms with Gasteiger partial charge in [0.1, 0.15) is 5.69 Å². The van der Waals surface area contributed by atoms with Crippen LogP contribution >= 0.6 is 0 Å². The molecule has 5 nitrogen and oxygen atoms in total. The molecule has 0 aliphatic heterocycles. The number of nitro benzene ring substituents is 1. The Balaban J connectivity index is 2.34. The Hall–Kier alpha value is -2.43. The summed E-state index contributed by atoms with van der Waals surface area (Å²) in [5, 5.41) is 11.0. The third-order valence-electron chi connectivity index (χ3n) is 3.16. The summed E-state index contributed by atoms with van der Waals surface area (Å²) in [5.74, 6) is 0. The summed E-state index contributed by atoms with van der Waals surface area (Å²) in [6.07, 6.45) is 1.72. The molecule has 98 valence electrons. The zero-order valence-corrected chi connectivity index (χ0v) is 10.9. The van der Waals surface area contributed by atoms with Gasteiger partial charge in [-0.05, 0) is 25.1 Å². The molecule has 0 radical (unpaired) electrons. The highest BCUT2D eigenvalue weighted by molar-refractivity contribution is 5.63. The second-order valence-corrected chi connectivity index (χ2v) is 4.29. The van der Waals surface area contributed by atoms with Gasteiger partial charge in [0.25, 0.3) is 5.69 Å². The molecular formula is C14H15N3O2. The molecule has 0 aliphatic rings. The van der Waals surface area contributed by atoms with Gasteiger partial charge in [-0.3, -0.25) is 15.1 Å². The van der Waals surface area contributed by atoms with E-state index < -0.39 is 0 Å². The number of nitro groups is 1. The van der Waals surface area contributed by atoms with Crippen molar-refractivity contribution in [1.29, 1.82) is 0 Å². The maximum atomic E-state index is 11.0. The minimum Gasteiger partial charge on any atom is -0.361 e. The molecule has 0 saturated heterocycles. The molecule has 2 rings (SSSR count). The van der Waals surface area contributed by atoms with Gasteiger partial charge < -0.3 is 4.90 Å². The SMILES string of the molecule is CC(c1ccccn1)N(C)c1ccccc1[N+](=O)[O-]. The van der Waals surface area contributed by atoms with Gasteiger partial charge in [0.2, 0.25) is 0 Å². The molecule has 2 aromatic rings. The smallest absolute Gasteiger partial charge is 0.292 e. The first kappa shape index (κ1) is 13.0. The maximum Gasteiger partial charge on any atom is 0.292 e. The van der Waals surface area contributed by atoms with Crippen molar-refractivity contribution in [3.8, 4) is 0 Å². The fourth-order valence-corrected chi connectivity index (χ4v) is 1.95. The number of rotatable bonds is 4. The van der Waals surface area contributed by atoms with Crippen LogP contribution in [0.5, 0.6) is 0 Å². The van der Waals surface area contributed by atoms with E-state index in [2.05, 4.69) is 4.98 Å². The Morgan fingerprint density at radius 2 is 1.89 bits per heavy atom. The summed E-state index contributed by atoms with van der Waals surface area (Å²) in [5.41, 5.74) is 1.57. The molecule has 0 bridgehead atoms.